The summed E-state index contributed by atoms with van der Waals surface area (Å²) >= 11 is 4.87. The largest absolute Gasteiger partial charge is 0.466 e. The van der Waals surface area contributed by atoms with E-state index in [9.17, 15) is 4.79 Å². The second kappa shape index (κ2) is 20.6. The van der Waals surface area contributed by atoms with Gasteiger partial charge in [0.2, 0.25) is 0 Å². The first-order chi connectivity index (χ1) is 13.3. The molecule has 0 amide bonds. The van der Waals surface area contributed by atoms with Gasteiger partial charge in [-0.25, -0.2) is 0 Å². The third-order valence-electron chi connectivity index (χ3n) is 3.81. The van der Waals surface area contributed by atoms with Gasteiger partial charge < -0.3 is 4.74 Å². The molecule has 0 aliphatic rings. The molecule has 2 nitrogen and oxygen atoms in total. The molecule has 0 saturated carbocycles. The average Bonchev–Trinajstić information content (AvgIpc) is 2.67. The van der Waals surface area contributed by atoms with Crippen LogP contribution in [0.1, 0.15) is 65.2 Å². The molecule has 0 aliphatic carbocycles. The van der Waals surface area contributed by atoms with Crippen LogP contribution in [0.3, 0.4) is 0 Å². The van der Waals surface area contributed by atoms with Gasteiger partial charge in [0.25, 0.3) is 0 Å². The second-order valence-electron chi connectivity index (χ2n) is 6.14. The van der Waals surface area contributed by atoms with Gasteiger partial charge in [0.05, 0.1) is 12.5 Å². The summed E-state index contributed by atoms with van der Waals surface area (Å²) in [6.45, 7) is 4.40. The van der Waals surface area contributed by atoms with Crippen molar-refractivity contribution in [1.29, 1.82) is 0 Å². The van der Waals surface area contributed by atoms with Crippen molar-refractivity contribution in [3.05, 3.63) is 60.8 Å². The summed E-state index contributed by atoms with van der Waals surface area (Å²) in [5.74, 6) is -0.293. The van der Waals surface area contributed by atoms with E-state index in [1.807, 2.05) is 6.92 Å². The van der Waals surface area contributed by atoms with E-state index < -0.39 is 0 Å². The lowest BCUT2D eigenvalue weighted by molar-refractivity contribution is -0.147. The highest BCUT2D eigenvalue weighted by atomic mass is 32.1. The average molecular weight is 389 g/mol. The van der Waals surface area contributed by atoms with Gasteiger partial charge in [-0.3, -0.25) is 4.79 Å². The number of unbranched alkanes of at least 4 members (excludes halogenated alkanes) is 1. The molecule has 27 heavy (non-hydrogen) atoms. The number of carbonyl (C=O) groups is 1. The Hall–Kier alpha value is -1.74. The fourth-order valence-corrected chi connectivity index (χ4v) is 2.57. The van der Waals surface area contributed by atoms with Crippen molar-refractivity contribution in [2.75, 3.05) is 6.61 Å². The summed E-state index contributed by atoms with van der Waals surface area (Å²) in [4.78, 5) is 11.8. The summed E-state index contributed by atoms with van der Waals surface area (Å²) < 4.78 is 5.07. The van der Waals surface area contributed by atoms with Crippen LogP contribution in [0.25, 0.3) is 0 Å². The smallest absolute Gasteiger partial charge is 0.309 e. The van der Waals surface area contributed by atoms with Gasteiger partial charge in [0, 0.05) is 0 Å². The van der Waals surface area contributed by atoms with E-state index in [1.165, 1.54) is 0 Å². The van der Waals surface area contributed by atoms with Crippen LogP contribution in [0, 0.1) is 5.92 Å². The Morgan fingerprint density at radius 1 is 0.778 bits per heavy atom. The van der Waals surface area contributed by atoms with Crippen molar-refractivity contribution in [1.82, 2.24) is 0 Å². The van der Waals surface area contributed by atoms with Crippen molar-refractivity contribution in [3.63, 3.8) is 0 Å². The number of hydrogen-bond donors (Lipinski definition) is 0. The first-order valence-electron chi connectivity index (χ1n) is 10.1. The van der Waals surface area contributed by atoms with Crippen molar-refractivity contribution >= 4 is 23.6 Å². The number of hydrogen-bond acceptors (Lipinski definition) is 3. The summed E-state index contributed by atoms with van der Waals surface area (Å²) in [5.41, 5.74) is 0. The number of rotatable bonds is 16. The second-order valence-corrected chi connectivity index (χ2v) is 6.47. The van der Waals surface area contributed by atoms with E-state index in [2.05, 4.69) is 67.7 Å². The Morgan fingerprint density at radius 3 is 1.81 bits per heavy atom. The highest BCUT2D eigenvalue weighted by Gasteiger charge is 2.16. The molecule has 1 atom stereocenters. The minimum atomic E-state index is -0.151. The third kappa shape index (κ3) is 17.4. The molecule has 3 heteroatoms. The molecule has 0 aromatic rings. The Balaban J connectivity index is 3.79. The monoisotopic (exact) mass is 388 g/mol. The highest BCUT2D eigenvalue weighted by Crippen LogP contribution is 2.11. The van der Waals surface area contributed by atoms with Crippen LogP contribution in [0.4, 0.5) is 0 Å². The van der Waals surface area contributed by atoms with Gasteiger partial charge in [0.15, 0.2) is 0 Å². The quantitative estimate of drug-likeness (QED) is 0.122. The summed E-state index contributed by atoms with van der Waals surface area (Å²) in [7, 11) is 0. The molecular weight excluding hydrogens is 352 g/mol. The van der Waals surface area contributed by atoms with Crippen LogP contribution in [0.5, 0.6) is 0 Å². The highest BCUT2D eigenvalue weighted by molar-refractivity contribution is 7.78. The van der Waals surface area contributed by atoms with Crippen molar-refractivity contribution in [2.45, 2.75) is 65.2 Å². The zero-order valence-electron chi connectivity index (χ0n) is 17.0. The first kappa shape index (κ1) is 25.3. The fourth-order valence-electron chi connectivity index (χ4n) is 2.33. The maximum Gasteiger partial charge on any atom is 0.309 e. The van der Waals surface area contributed by atoms with E-state index in [0.29, 0.717) is 19.4 Å². The van der Waals surface area contributed by atoms with Gasteiger partial charge in [0.1, 0.15) is 0 Å². The third-order valence-corrected chi connectivity index (χ3v) is 4.00. The molecule has 0 bridgehead atoms. The summed E-state index contributed by atoms with van der Waals surface area (Å²) in [6.07, 6.45) is 29.2. The van der Waals surface area contributed by atoms with E-state index in [-0.39, 0.29) is 11.9 Å². The predicted molar refractivity (Wildman–Crippen MR) is 122 cm³/mol. The summed E-state index contributed by atoms with van der Waals surface area (Å²) in [5, 5.41) is 1.62. The number of thiocarbonyl (C=S) groups is 1. The number of ether oxygens (including phenoxy) is 1. The Kier molecular flexibility index (Phi) is 19.2. The van der Waals surface area contributed by atoms with E-state index in [4.69, 9.17) is 17.0 Å². The maximum atomic E-state index is 11.8. The lowest BCUT2D eigenvalue weighted by Crippen LogP contribution is -2.17. The molecule has 1 unspecified atom stereocenters. The molecule has 0 aromatic carbocycles. The van der Waals surface area contributed by atoms with Gasteiger partial charge >= 0.3 is 5.97 Å². The molecular formula is C24H36O2S. The number of carbonyl (C=O) groups excluding carboxylic acids is 1. The van der Waals surface area contributed by atoms with Gasteiger partial charge in [-0.15, -0.1) is 0 Å². The van der Waals surface area contributed by atoms with Crippen LogP contribution >= 0.6 is 12.2 Å². The molecule has 0 fully saturated rings. The minimum Gasteiger partial charge on any atom is -0.466 e. The van der Waals surface area contributed by atoms with Crippen LogP contribution in [0.2, 0.25) is 0 Å². The van der Waals surface area contributed by atoms with Crippen molar-refractivity contribution in [2.24, 2.45) is 5.92 Å². The van der Waals surface area contributed by atoms with Crippen LogP contribution in [-0.2, 0) is 9.53 Å². The fraction of sp³-hybridized carbons (Fsp3) is 0.500. The topological polar surface area (TPSA) is 26.3 Å². The molecule has 0 radical (unpaired) electrons. The molecule has 0 aliphatic heterocycles. The first-order valence-corrected chi connectivity index (χ1v) is 10.6. The SMILES string of the molecule is CCC=CCC=CCC=CCC=CCCC=CCC(CC=S)C(=O)OCC. The lowest BCUT2D eigenvalue weighted by atomic mass is 10.0. The molecule has 0 N–H and O–H groups in total. The predicted octanol–water partition coefficient (Wildman–Crippen LogP) is 7.09. The minimum absolute atomic E-state index is 0.143. The Labute approximate surface area is 171 Å². The molecule has 150 valence electrons. The molecule has 0 aromatic heterocycles. The normalized spacial score (nSPS) is 13.6. The Bertz CT molecular complexity index is 512. The van der Waals surface area contributed by atoms with Crippen LogP contribution in [0.15, 0.2) is 60.8 Å². The molecule has 0 rings (SSSR count). The van der Waals surface area contributed by atoms with Crippen molar-refractivity contribution in [3.8, 4) is 0 Å². The van der Waals surface area contributed by atoms with Gasteiger partial charge in [-0.05, 0) is 63.7 Å². The van der Waals surface area contributed by atoms with Gasteiger partial charge in [-0.2, -0.15) is 0 Å². The molecule has 0 spiro atoms. The van der Waals surface area contributed by atoms with E-state index in [1.54, 1.807) is 5.37 Å². The van der Waals surface area contributed by atoms with Crippen LogP contribution < -0.4 is 0 Å². The van der Waals surface area contributed by atoms with Crippen molar-refractivity contribution < 1.29 is 9.53 Å². The number of allylic oxidation sites excluding steroid dienone is 10. The summed E-state index contributed by atoms with van der Waals surface area (Å²) in [6, 6.07) is 0. The van der Waals surface area contributed by atoms with Gasteiger partial charge in [-0.1, -0.05) is 79.9 Å². The Morgan fingerprint density at radius 2 is 1.30 bits per heavy atom. The number of esters is 1. The van der Waals surface area contributed by atoms with Crippen LogP contribution in [-0.4, -0.2) is 17.9 Å². The van der Waals surface area contributed by atoms with E-state index in [0.717, 1.165) is 38.5 Å². The zero-order valence-corrected chi connectivity index (χ0v) is 17.8. The lowest BCUT2D eigenvalue weighted by Gasteiger charge is -2.10. The zero-order chi connectivity index (χ0) is 20.0. The molecule has 0 saturated heterocycles. The standard InChI is InChI=1S/C24H36O2S/c1-3-5-6-7-8-9-10-11-12-13-14-15-16-17-18-19-20-23(21-22-27)24(25)26-4-2/h5-6,8-9,11-12,14-15,18-19,22-23H,3-4,7,10,13,16-17,20-21H2,1-2H3. The molecule has 0 heterocycles. The maximum absolute atomic E-state index is 11.8. The van der Waals surface area contributed by atoms with E-state index >= 15 is 0 Å².